The first-order valence-corrected chi connectivity index (χ1v) is 9.52. The topological polar surface area (TPSA) is 65.5 Å². The Hall–Kier alpha value is -0.730. The molecule has 5 nitrogen and oxygen atoms in total. The van der Waals surface area contributed by atoms with Gasteiger partial charge in [-0.05, 0) is 49.8 Å². The summed E-state index contributed by atoms with van der Waals surface area (Å²) < 4.78 is 0. The van der Waals surface area contributed by atoms with Crippen molar-refractivity contribution >= 4 is 59.0 Å². The van der Waals surface area contributed by atoms with Crippen LogP contribution in [0.15, 0.2) is 23.2 Å². The van der Waals surface area contributed by atoms with Crippen molar-refractivity contribution in [2.75, 3.05) is 20.1 Å². The second-order valence-electron chi connectivity index (χ2n) is 6.21. The average Bonchev–Trinajstić information content (AvgIpc) is 3.39. The lowest BCUT2D eigenvalue weighted by Crippen LogP contribution is -2.38. The molecule has 1 aromatic carbocycles. The summed E-state index contributed by atoms with van der Waals surface area (Å²) in [5, 5.41) is 10.8. The van der Waals surface area contributed by atoms with Gasteiger partial charge in [0.25, 0.3) is 0 Å². The number of rotatable bonds is 9. The van der Waals surface area contributed by atoms with Crippen LogP contribution in [-0.4, -0.2) is 38.0 Å². The van der Waals surface area contributed by atoms with E-state index in [-0.39, 0.29) is 29.9 Å². The van der Waals surface area contributed by atoms with Crippen LogP contribution < -0.4 is 16.0 Å². The van der Waals surface area contributed by atoms with Crippen LogP contribution in [0.4, 0.5) is 0 Å². The molecule has 8 heteroatoms. The third-order valence-corrected chi connectivity index (χ3v) is 4.56. The zero-order valence-corrected chi connectivity index (χ0v) is 18.8. The van der Waals surface area contributed by atoms with Crippen molar-refractivity contribution in [2.24, 2.45) is 4.99 Å². The van der Waals surface area contributed by atoms with Gasteiger partial charge in [0.15, 0.2) is 5.96 Å². The van der Waals surface area contributed by atoms with Crippen LogP contribution in [-0.2, 0) is 11.2 Å². The number of carbonyl (C=O) groups is 1. The fraction of sp³-hybridized carbons (Fsp3) is 0.556. The molecule has 2 rings (SSSR count). The van der Waals surface area contributed by atoms with E-state index in [1.54, 1.807) is 13.1 Å². The van der Waals surface area contributed by atoms with E-state index in [9.17, 15) is 4.79 Å². The number of carbonyl (C=O) groups excluding carboxylic acids is 1. The SMILES string of the molecule is CN=C(NCCCC(=O)NC1CC1)NCCCc1ccc(Cl)cc1Cl.I. The molecule has 0 spiro atoms. The van der Waals surface area contributed by atoms with Gasteiger partial charge in [0.1, 0.15) is 0 Å². The van der Waals surface area contributed by atoms with Crippen LogP contribution >= 0.6 is 47.2 Å². The molecule has 0 heterocycles. The smallest absolute Gasteiger partial charge is 0.220 e. The summed E-state index contributed by atoms with van der Waals surface area (Å²) in [6.45, 7) is 1.52. The van der Waals surface area contributed by atoms with Crippen molar-refractivity contribution in [2.45, 2.75) is 44.6 Å². The number of hydrogen-bond acceptors (Lipinski definition) is 2. The fourth-order valence-corrected chi connectivity index (χ4v) is 2.92. The molecule has 1 aliphatic carbocycles. The molecule has 0 atom stereocenters. The summed E-state index contributed by atoms with van der Waals surface area (Å²) in [6, 6.07) is 6.02. The van der Waals surface area contributed by atoms with Gasteiger partial charge in [-0.25, -0.2) is 0 Å². The molecule has 1 fully saturated rings. The Morgan fingerprint density at radius 2 is 1.88 bits per heavy atom. The minimum atomic E-state index is 0. The van der Waals surface area contributed by atoms with Crippen LogP contribution in [0.25, 0.3) is 0 Å². The molecular formula is C18H27Cl2IN4O. The lowest BCUT2D eigenvalue weighted by atomic mass is 10.1. The van der Waals surface area contributed by atoms with E-state index in [1.165, 1.54) is 0 Å². The van der Waals surface area contributed by atoms with E-state index in [0.717, 1.165) is 56.7 Å². The Bertz CT molecular complexity index is 609. The fourth-order valence-electron chi connectivity index (χ4n) is 2.41. The molecule has 3 N–H and O–H groups in total. The molecule has 1 amide bonds. The zero-order valence-electron chi connectivity index (χ0n) is 15.0. The maximum atomic E-state index is 11.6. The molecule has 0 unspecified atom stereocenters. The average molecular weight is 513 g/mol. The van der Waals surface area contributed by atoms with Gasteiger partial charge in [-0.15, -0.1) is 24.0 Å². The number of halogens is 3. The van der Waals surface area contributed by atoms with Crippen LogP contribution in [0.1, 0.15) is 37.7 Å². The van der Waals surface area contributed by atoms with E-state index in [1.807, 2.05) is 12.1 Å². The van der Waals surface area contributed by atoms with Gasteiger partial charge in [-0.2, -0.15) is 0 Å². The molecule has 0 aromatic heterocycles. The van der Waals surface area contributed by atoms with Crippen molar-refractivity contribution in [1.29, 1.82) is 0 Å². The third-order valence-electron chi connectivity index (χ3n) is 3.97. The minimum absolute atomic E-state index is 0. The Kier molecular flexibility index (Phi) is 11.3. The summed E-state index contributed by atoms with van der Waals surface area (Å²) >= 11 is 12.1. The van der Waals surface area contributed by atoms with Gasteiger partial charge >= 0.3 is 0 Å². The highest BCUT2D eigenvalue weighted by atomic mass is 127. The highest BCUT2D eigenvalue weighted by Gasteiger charge is 2.22. The predicted molar refractivity (Wildman–Crippen MR) is 120 cm³/mol. The van der Waals surface area contributed by atoms with Crippen molar-refractivity contribution in [3.63, 3.8) is 0 Å². The van der Waals surface area contributed by atoms with Crippen molar-refractivity contribution < 1.29 is 4.79 Å². The molecular weight excluding hydrogens is 486 g/mol. The highest BCUT2D eigenvalue weighted by Crippen LogP contribution is 2.21. The summed E-state index contributed by atoms with van der Waals surface area (Å²) in [5.41, 5.74) is 1.09. The molecule has 0 saturated heterocycles. The van der Waals surface area contributed by atoms with Gasteiger partial charge in [0.2, 0.25) is 5.91 Å². The summed E-state index contributed by atoms with van der Waals surface area (Å²) in [4.78, 5) is 15.8. The number of aliphatic imine (C=N–C) groups is 1. The minimum Gasteiger partial charge on any atom is -0.356 e. The molecule has 0 radical (unpaired) electrons. The maximum Gasteiger partial charge on any atom is 0.220 e. The first-order valence-electron chi connectivity index (χ1n) is 8.76. The first kappa shape index (κ1) is 23.3. The lowest BCUT2D eigenvalue weighted by molar-refractivity contribution is -0.121. The molecule has 1 aromatic rings. The zero-order chi connectivity index (χ0) is 18.1. The largest absolute Gasteiger partial charge is 0.356 e. The molecule has 1 saturated carbocycles. The second kappa shape index (κ2) is 12.6. The van der Waals surface area contributed by atoms with E-state index in [0.29, 0.717) is 22.5 Å². The predicted octanol–water partition coefficient (Wildman–Crippen LogP) is 3.77. The summed E-state index contributed by atoms with van der Waals surface area (Å²) in [5.74, 6) is 0.900. The number of nitrogens with one attached hydrogen (secondary N) is 3. The number of guanidine groups is 1. The standard InChI is InChI=1S/C18H26Cl2N4O.HI/c1-21-18(23-11-3-5-17(25)24-15-8-9-15)22-10-2-4-13-6-7-14(19)12-16(13)20;/h6-7,12,15H,2-5,8-11H2,1H3,(H,24,25)(H2,21,22,23);1H. The van der Waals surface area contributed by atoms with Gasteiger partial charge < -0.3 is 16.0 Å². The number of benzene rings is 1. The van der Waals surface area contributed by atoms with Crippen LogP contribution in [0.5, 0.6) is 0 Å². The van der Waals surface area contributed by atoms with Gasteiger partial charge in [-0.1, -0.05) is 29.3 Å². The summed E-state index contributed by atoms with van der Waals surface area (Å²) in [7, 11) is 1.74. The van der Waals surface area contributed by atoms with Crippen molar-refractivity contribution in [3.05, 3.63) is 33.8 Å². The van der Waals surface area contributed by atoms with Crippen LogP contribution in [0.2, 0.25) is 10.0 Å². The molecule has 1 aliphatic rings. The lowest BCUT2D eigenvalue weighted by Gasteiger charge is -2.12. The Morgan fingerprint density at radius 3 is 2.50 bits per heavy atom. The third kappa shape index (κ3) is 9.28. The van der Waals surface area contributed by atoms with Crippen molar-refractivity contribution in [3.8, 4) is 0 Å². The Morgan fingerprint density at radius 1 is 1.19 bits per heavy atom. The summed E-state index contributed by atoms with van der Waals surface area (Å²) in [6.07, 6.45) is 5.41. The van der Waals surface area contributed by atoms with Crippen LogP contribution in [0, 0.1) is 0 Å². The molecule has 146 valence electrons. The number of amides is 1. The normalized spacial score (nSPS) is 13.7. The van der Waals surface area contributed by atoms with E-state index >= 15 is 0 Å². The molecule has 0 aliphatic heterocycles. The number of aryl methyl sites for hydroxylation is 1. The first-order chi connectivity index (χ1) is 12.1. The monoisotopic (exact) mass is 512 g/mol. The van der Waals surface area contributed by atoms with E-state index in [2.05, 4.69) is 20.9 Å². The second-order valence-corrected chi connectivity index (χ2v) is 7.05. The number of hydrogen-bond donors (Lipinski definition) is 3. The van der Waals surface area contributed by atoms with Crippen LogP contribution in [0.3, 0.4) is 0 Å². The molecule has 0 bridgehead atoms. The highest BCUT2D eigenvalue weighted by molar-refractivity contribution is 14.0. The number of nitrogens with zero attached hydrogens (tertiary/aromatic N) is 1. The van der Waals surface area contributed by atoms with E-state index < -0.39 is 0 Å². The maximum absolute atomic E-state index is 11.6. The van der Waals surface area contributed by atoms with E-state index in [4.69, 9.17) is 23.2 Å². The van der Waals surface area contributed by atoms with Gasteiger partial charge in [-0.3, -0.25) is 9.79 Å². The van der Waals surface area contributed by atoms with Gasteiger partial charge in [0.05, 0.1) is 0 Å². The molecule has 26 heavy (non-hydrogen) atoms. The van der Waals surface area contributed by atoms with Crippen molar-refractivity contribution in [1.82, 2.24) is 16.0 Å². The quantitative estimate of drug-likeness (QED) is 0.204. The Labute approximate surface area is 182 Å². The van der Waals surface area contributed by atoms with Gasteiger partial charge in [0, 0.05) is 42.6 Å². The Balaban J connectivity index is 0.00000338.